The third-order valence-corrected chi connectivity index (χ3v) is 2.37. The third-order valence-electron chi connectivity index (χ3n) is 2.37. The fourth-order valence-electron chi connectivity index (χ4n) is 1.25. The number of aryl methyl sites for hydroxylation is 1. The van der Waals surface area contributed by atoms with Crippen molar-refractivity contribution in [3.63, 3.8) is 0 Å². The van der Waals surface area contributed by atoms with E-state index in [-0.39, 0.29) is 12.5 Å². The Morgan fingerprint density at radius 1 is 1.53 bits per heavy atom. The average Bonchev–Trinajstić information content (AvgIpc) is 2.34. The molecule has 1 aromatic heterocycles. The van der Waals surface area contributed by atoms with Crippen molar-refractivity contribution >= 4 is 5.91 Å². The van der Waals surface area contributed by atoms with Crippen LogP contribution in [0.2, 0.25) is 0 Å². The molecule has 0 saturated heterocycles. The molecular formula is C12H19N3O2. The van der Waals surface area contributed by atoms with Crippen molar-refractivity contribution in [2.24, 2.45) is 5.73 Å². The summed E-state index contributed by atoms with van der Waals surface area (Å²) in [4.78, 5) is 17.3. The number of aromatic nitrogens is 1. The first kappa shape index (κ1) is 13.4. The number of nitrogens with two attached hydrogens (primary N) is 1. The predicted octanol–water partition coefficient (Wildman–Crippen LogP) is 0.576. The normalized spacial score (nSPS) is 10.1. The highest BCUT2D eigenvalue weighted by molar-refractivity contribution is 5.77. The maximum atomic E-state index is 11.6. The van der Waals surface area contributed by atoms with Crippen LogP contribution in [0.3, 0.4) is 0 Å². The first-order chi connectivity index (χ1) is 8.13. The lowest BCUT2D eigenvalue weighted by Crippen LogP contribution is -2.33. The summed E-state index contributed by atoms with van der Waals surface area (Å²) in [5, 5.41) is 0. The molecule has 0 aliphatic rings. The van der Waals surface area contributed by atoms with Crippen LogP contribution in [0.25, 0.3) is 0 Å². The molecule has 0 atom stereocenters. The molecule has 0 bridgehead atoms. The van der Waals surface area contributed by atoms with Crippen LogP contribution in [0.15, 0.2) is 18.3 Å². The summed E-state index contributed by atoms with van der Waals surface area (Å²) in [6, 6.07) is 3.65. The molecule has 94 valence electrons. The van der Waals surface area contributed by atoms with Crippen molar-refractivity contribution in [2.75, 3.05) is 26.7 Å². The molecule has 0 aliphatic carbocycles. The summed E-state index contributed by atoms with van der Waals surface area (Å²) < 4.78 is 5.34. The number of nitrogens with zero attached hydrogens (tertiary/aromatic N) is 2. The Labute approximate surface area is 102 Å². The van der Waals surface area contributed by atoms with E-state index in [9.17, 15) is 4.79 Å². The molecule has 0 fully saturated rings. The summed E-state index contributed by atoms with van der Waals surface area (Å²) in [6.45, 7) is 3.17. The van der Waals surface area contributed by atoms with Crippen molar-refractivity contribution in [2.45, 2.75) is 13.3 Å². The fourth-order valence-corrected chi connectivity index (χ4v) is 1.25. The second-order valence-electron chi connectivity index (χ2n) is 3.88. The van der Waals surface area contributed by atoms with Gasteiger partial charge in [-0.15, -0.1) is 0 Å². The van der Waals surface area contributed by atoms with E-state index in [1.54, 1.807) is 24.2 Å². The summed E-state index contributed by atoms with van der Waals surface area (Å²) in [6.07, 6.45) is 2.41. The van der Waals surface area contributed by atoms with E-state index in [1.165, 1.54) is 0 Å². The Morgan fingerprint density at radius 2 is 2.29 bits per heavy atom. The molecule has 0 saturated carbocycles. The number of hydrogen-bond acceptors (Lipinski definition) is 4. The van der Waals surface area contributed by atoms with E-state index in [0.29, 0.717) is 18.8 Å². The van der Waals surface area contributed by atoms with E-state index in [1.807, 2.05) is 13.0 Å². The van der Waals surface area contributed by atoms with Gasteiger partial charge < -0.3 is 15.4 Å². The second kappa shape index (κ2) is 6.85. The standard InChI is InChI=1S/C12H19N3O2/c1-10-4-5-11(8-14-10)17-9-12(16)15(2)7-3-6-13/h4-5,8H,3,6-7,9,13H2,1-2H3. The molecule has 0 aromatic carbocycles. The quantitative estimate of drug-likeness (QED) is 0.785. The topological polar surface area (TPSA) is 68.5 Å². The maximum absolute atomic E-state index is 11.6. The van der Waals surface area contributed by atoms with Crippen molar-refractivity contribution in [3.05, 3.63) is 24.0 Å². The van der Waals surface area contributed by atoms with Crippen molar-refractivity contribution in [1.29, 1.82) is 0 Å². The van der Waals surface area contributed by atoms with Gasteiger partial charge in [0, 0.05) is 19.3 Å². The van der Waals surface area contributed by atoms with Crippen molar-refractivity contribution in [1.82, 2.24) is 9.88 Å². The lowest BCUT2D eigenvalue weighted by atomic mass is 10.4. The van der Waals surface area contributed by atoms with E-state index in [0.717, 1.165) is 12.1 Å². The Bertz CT molecular complexity index is 351. The number of amides is 1. The number of carbonyl (C=O) groups is 1. The summed E-state index contributed by atoms with van der Waals surface area (Å²) in [5.74, 6) is 0.551. The molecule has 1 amide bonds. The minimum atomic E-state index is -0.0565. The van der Waals surface area contributed by atoms with Gasteiger partial charge in [-0.05, 0) is 32.0 Å². The first-order valence-electron chi connectivity index (χ1n) is 5.63. The smallest absolute Gasteiger partial charge is 0.260 e. The van der Waals surface area contributed by atoms with Crippen LogP contribution in [0, 0.1) is 6.92 Å². The van der Waals surface area contributed by atoms with Crippen LogP contribution in [0.4, 0.5) is 0 Å². The Kier molecular flexibility index (Phi) is 5.42. The van der Waals surface area contributed by atoms with Crippen molar-refractivity contribution in [3.8, 4) is 5.75 Å². The van der Waals surface area contributed by atoms with Crippen LogP contribution in [-0.2, 0) is 4.79 Å². The molecule has 0 radical (unpaired) electrons. The van der Waals surface area contributed by atoms with E-state index in [2.05, 4.69) is 4.98 Å². The predicted molar refractivity (Wildman–Crippen MR) is 65.8 cm³/mol. The molecule has 17 heavy (non-hydrogen) atoms. The number of pyridine rings is 1. The summed E-state index contributed by atoms with van der Waals surface area (Å²) in [5.41, 5.74) is 6.30. The monoisotopic (exact) mass is 237 g/mol. The molecule has 0 aliphatic heterocycles. The molecule has 5 nitrogen and oxygen atoms in total. The lowest BCUT2D eigenvalue weighted by Gasteiger charge is -2.16. The Balaban J connectivity index is 2.34. The van der Waals surface area contributed by atoms with Crippen LogP contribution in [0.1, 0.15) is 12.1 Å². The number of likely N-dealkylation sites (N-methyl/N-ethyl adjacent to an activating group) is 1. The maximum Gasteiger partial charge on any atom is 0.260 e. The van der Waals surface area contributed by atoms with Gasteiger partial charge in [0.1, 0.15) is 5.75 Å². The molecule has 1 rings (SSSR count). The average molecular weight is 237 g/mol. The van der Waals surface area contributed by atoms with E-state index in [4.69, 9.17) is 10.5 Å². The summed E-state index contributed by atoms with van der Waals surface area (Å²) in [7, 11) is 1.74. The Hall–Kier alpha value is -1.62. The highest BCUT2D eigenvalue weighted by Crippen LogP contribution is 2.08. The van der Waals surface area contributed by atoms with Crippen LogP contribution in [0.5, 0.6) is 5.75 Å². The molecule has 0 unspecified atom stereocenters. The number of rotatable bonds is 6. The van der Waals surface area contributed by atoms with Crippen molar-refractivity contribution < 1.29 is 9.53 Å². The summed E-state index contributed by atoms with van der Waals surface area (Å²) >= 11 is 0. The van der Waals surface area contributed by atoms with Crippen LogP contribution in [-0.4, -0.2) is 42.5 Å². The molecule has 0 spiro atoms. The largest absolute Gasteiger partial charge is 0.482 e. The highest BCUT2D eigenvalue weighted by Gasteiger charge is 2.08. The minimum Gasteiger partial charge on any atom is -0.482 e. The minimum absolute atomic E-state index is 0.0335. The molecule has 2 N–H and O–H groups in total. The van der Waals surface area contributed by atoms with Gasteiger partial charge in [-0.25, -0.2) is 0 Å². The van der Waals surface area contributed by atoms with Gasteiger partial charge in [0.2, 0.25) is 0 Å². The van der Waals surface area contributed by atoms with Gasteiger partial charge in [0.25, 0.3) is 5.91 Å². The van der Waals surface area contributed by atoms with Crippen LogP contribution >= 0.6 is 0 Å². The number of ether oxygens (including phenoxy) is 1. The Morgan fingerprint density at radius 3 is 2.88 bits per heavy atom. The molecule has 1 heterocycles. The van der Waals surface area contributed by atoms with Crippen LogP contribution < -0.4 is 10.5 Å². The van der Waals surface area contributed by atoms with Gasteiger partial charge in [-0.1, -0.05) is 0 Å². The van der Waals surface area contributed by atoms with E-state index < -0.39 is 0 Å². The van der Waals surface area contributed by atoms with Gasteiger partial charge in [0.05, 0.1) is 6.20 Å². The number of hydrogen-bond donors (Lipinski definition) is 1. The highest BCUT2D eigenvalue weighted by atomic mass is 16.5. The first-order valence-corrected chi connectivity index (χ1v) is 5.63. The second-order valence-corrected chi connectivity index (χ2v) is 3.88. The number of carbonyl (C=O) groups excluding carboxylic acids is 1. The lowest BCUT2D eigenvalue weighted by molar-refractivity contribution is -0.132. The SMILES string of the molecule is Cc1ccc(OCC(=O)N(C)CCCN)cn1. The van der Waals surface area contributed by atoms with Gasteiger partial charge in [-0.3, -0.25) is 9.78 Å². The van der Waals surface area contributed by atoms with Gasteiger partial charge in [0.15, 0.2) is 6.61 Å². The molecule has 1 aromatic rings. The van der Waals surface area contributed by atoms with Gasteiger partial charge >= 0.3 is 0 Å². The van der Waals surface area contributed by atoms with E-state index >= 15 is 0 Å². The molecular weight excluding hydrogens is 218 g/mol. The molecule has 5 heteroatoms. The fraction of sp³-hybridized carbons (Fsp3) is 0.500. The zero-order valence-corrected chi connectivity index (χ0v) is 10.3. The zero-order chi connectivity index (χ0) is 12.7. The third kappa shape index (κ3) is 4.82. The van der Waals surface area contributed by atoms with Gasteiger partial charge in [-0.2, -0.15) is 0 Å². The zero-order valence-electron chi connectivity index (χ0n) is 10.3.